The molecule has 2 atom stereocenters. The average Bonchev–Trinajstić information content (AvgIpc) is 2.85. The Bertz CT molecular complexity index is 899. The van der Waals surface area contributed by atoms with Crippen LogP contribution in [0, 0.1) is 0 Å². The number of rotatable bonds is 8. The van der Waals surface area contributed by atoms with Crippen LogP contribution in [-0.2, 0) is 13.1 Å². The molecule has 6 nitrogen and oxygen atoms in total. The van der Waals surface area contributed by atoms with Gasteiger partial charge in [0.25, 0.3) is 5.91 Å². The van der Waals surface area contributed by atoms with Crippen molar-refractivity contribution in [3.05, 3.63) is 71.3 Å². The van der Waals surface area contributed by atoms with Crippen molar-refractivity contribution in [3.8, 4) is 0 Å². The molecule has 0 aliphatic carbocycles. The summed E-state index contributed by atoms with van der Waals surface area (Å²) in [4.78, 5) is 21.3. The number of carbonyl (C=O) groups is 1. The third-order valence-electron chi connectivity index (χ3n) is 6.52. The van der Waals surface area contributed by atoms with Crippen molar-refractivity contribution in [2.75, 3.05) is 26.7 Å². The second kappa shape index (κ2) is 14.3. The van der Waals surface area contributed by atoms with E-state index < -0.39 is 0 Å². The molecule has 186 valence electrons. The summed E-state index contributed by atoms with van der Waals surface area (Å²) in [6.07, 6.45) is 2.19. The lowest BCUT2D eigenvalue weighted by Crippen LogP contribution is -2.51. The Hall–Kier alpha value is -2.13. The molecule has 1 heterocycles. The van der Waals surface area contributed by atoms with Gasteiger partial charge in [0.05, 0.1) is 0 Å². The molecule has 2 aromatic carbocycles. The number of guanidine groups is 1. The van der Waals surface area contributed by atoms with Crippen LogP contribution in [0.25, 0.3) is 0 Å². The van der Waals surface area contributed by atoms with Gasteiger partial charge in [0, 0.05) is 57.4 Å². The number of nitrogens with one attached hydrogen (secondary N) is 2. The van der Waals surface area contributed by atoms with E-state index in [9.17, 15) is 4.79 Å². The zero-order valence-electron chi connectivity index (χ0n) is 21.0. The van der Waals surface area contributed by atoms with E-state index in [-0.39, 0.29) is 29.9 Å². The maximum atomic E-state index is 12.5. The first-order valence-corrected chi connectivity index (χ1v) is 12.2. The Morgan fingerprint density at radius 3 is 2.32 bits per heavy atom. The van der Waals surface area contributed by atoms with E-state index in [0.717, 1.165) is 56.1 Å². The number of amides is 1. The molecule has 34 heavy (non-hydrogen) atoms. The molecule has 3 rings (SSSR count). The van der Waals surface area contributed by atoms with Crippen LogP contribution in [0.4, 0.5) is 0 Å². The molecule has 1 aliphatic heterocycles. The van der Waals surface area contributed by atoms with E-state index in [4.69, 9.17) is 0 Å². The minimum atomic E-state index is 0. The van der Waals surface area contributed by atoms with Gasteiger partial charge >= 0.3 is 0 Å². The predicted octanol–water partition coefficient (Wildman–Crippen LogP) is 4.50. The molecule has 2 N–H and O–H groups in total. The Balaban J connectivity index is 0.00000408. The molecule has 0 aromatic heterocycles. The van der Waals surface area contributed by atoms with Gasteiger partial charge in [-0.3, -0.25) is 14.7 Å². The van der Waals surface area contributed by atoms with Gasteiger partial charge in [-0.25, -0.2) is 0 Å². The Kier molecular flexibility index (Phi) is 11.8. The summed E-state index contributed by atoms with van der Waals surface area (Å²) >= 11 is 0. The summed E-state index contributed by atoms with van der Waals surface area (Å²) in [7, 11) is 1.81. The summed E-state index contributed by atoms with van der Waals surface area (Å²) in [6.45, 7) is 10.5. The highest BCUT2D eigenvalue weighted by atomic mass is 127. The summed E-state index contributed by atoms with van der Waals surface area (Å²) in [6, 6.07) is 19.5. The molecule has 1 saturated heterocycles. The van der Waals surface area contributed by atoms with Gasteiger partial charge in [0.1, 0.15) is 0 Å². The van der Waals surface area contributed by atoms with Crippen LogP contribution in [0.1, 0.15) is 55.1 Å². The van der Waals surface area contributed by atoms with Gasteiger partial charge in [-0.2, -0.15) is 0 Å². The van der Waals surface area contributed by atoms with Crippen molar-refractivity contribution < 1.29 is 4.79 Å². The number of carbonyl (C=O) groups excluding carboxylic acids is 1. The number of nitrogens with zero attached hydrogens (tertiary/aromatic N) is 3. The van der Waals surface area contributed by atoms with Crippen LogP contribution in [-0.4, -0.2) is 60.4 Å². The minimum absolute atomic E-state index is 0. The maximum Gasteiger partial charge on any atom is 0.253 e. The smallest absolute Gasteiger partial charge is 0.253 e. The second-order valence-electron chi connectivity index (χ2n) is 8.77. The Labute approximate surface area is 222 Å². The topological polar surface area (TPSA) is 60.0 Å². The van der Waals surface area contributed by atoms with Crippen LogP contribution < -0.4 is 10.6 Å². The van der Waals surface area contributed by atoms with Gasteiger partial charge in [0.2, 0.25) is 0 Å². The number of aliphatic imine (C=N–C) groups is 1. The average molecular weight is 578 g/mol. The van der Waals surface area contributed by atoms with Gasteiger partial charge in [-0.1, -0.05) is 42.5 Å². The standard InChI is InChI=1S/C27H39N5O.HI/c1-5-31(6-2)26(33)24-14-12-22(13-15-24)19-29-27(28-4)30-25-16-17-32(21(3)18-25)20-23-10-8-7-9-11-23;/h7-15,21,25H,5-6,16-20H2,1-4H3,(H2,28,29,30);1H. The molecule has 7 heteroatoms. The van der Waals surface area contributed by atoms with Gasteiger partial charge in [0.15, 0.2) is 5.96 Å². The lowest BCUT2D eigenvalue weighted by atomic mass is 9.97. The lowest BCUT2D eigenvalue weighted by molar-refractivity contribution is 0.0773. The quantitative estimate of drug-likeness (QED) is 0.276. The summed E-state index contributed by atoms with van der Waals surface area (Å²) < 4.78 is 0. The van der Waals surface area contributed by atoms with Gasteiger partial charge in [-0.05, 0) is 56.9 Å². The maximum absolute atomic E-state index is 12.5. The van der Waals surface area contributed by atoms with Crippen molar-refractivity contribution in [3.63, 3.8) is 0 Å². The molecular weight excluding hydrogens is 537 g/mol. The SMILES string of the molecule is CCN(CC)C(=O)c1ccc(CNC(=NC)NC2CCN(Cc3ccccc3)C(C)C2)cc1.I. The fourth-order valence-electron chi connectivity index (χ4n) is 4.44. The molecule has 0 bridgehead atoms. The van der Waals surface area contributed by atoms with Crippen molar-refractivity contribution in [2.24, 2.45) is 4.99 Å². The van der Waals surface area contributed by atoms with E-state index in [2.05, 4.69) is 57.8 Å². The highest BCUT2D eigenvalue weighted by molar-refractivity contribution is 14.0. The number of benzene rings is 2. The van der Waals surface area contributed by atoms with Gasteiger partial charge < -0.3 is 15.5 Å². The number of halogens is 1. The Morgan fingerprint density at radius 1 is 1.06 bits per heavy atom. The van der Waals surface area contributed by atoms with Crippen LogP contribution in [0.3, 0.4) is 0 Å². The van der Waals surface area contributed by atoms with Crippen LogP contribution in [0.15, 0.2) is 59.6 Å². The molecule has 0 radical (unpaired) electrons. The molecular formula is C27H40IN5O. The number of hydrogen-bond acceptors (Lipinski definition) is 3. The van der Waals surface area contributed by atoms with E-state index in [1.54, 1.807) is 0 Å². The zero-order valence-corrected chi connectivity index (χ0v) is 23.3. The van der Waals surface area contributed by atoms with Crippen molar-refractivity contribution in [2.45, 2.75) is 58.8 Å². The number of piperidine rings is 1. The third-order valence-corrected chi connectivity index (χ3v) is 6.52. The minimum Gasteiger partial charge on any atom is -0.354 e. The highest BCUT2D eigenvalue weighted by Gasteiger charge is 2.26. The van der Waals surface area contributed by atoms with E-state index >= 15 is 0 Å². The highest BCUT2D eigenvalue weighted by Crippen LogP contribution is 2.20. The fourth-order valence-corrected chi connectivity index (χ4v) is 4.44. The van der Waals surface area contributed by atoms with Gasteiger partial charge in [-0.15, -0.1) is 24.0 Å². The third kappa shape index (κ3) is 7.98. The summed E-state index contributed by atoms with van der Waals surface area (Å²) in [5, 5.41) is 7.02. The first-order chi connectivity index (χ1) is 16.0. The second-order valence-corrected chi connectivity index (χ2v) is 8.77. The molecule has 0 saturated carbocycles. The number of likely N-dealkylation sites (tertiary alicyclic amines) is 1. The molecule has 1 amide bonds. The van der Waals surface area contributed by atoms with E-state index in [1.807, 2.05) is 50.1 Å². The van der Waals surface area contributed by atoms with Crippen molar-refractivity contribution in [1.82, 2.24) is 20.4 Å². The molecule has 1 fully saturated rings. The molecule has 2 aromatic rings. The molecule has 0 spiro atoms. The van der Waals surface area contributed by atoms with Crippen molar-refractivity contribution >= 4 is 35.8 Å². The largest absolute Gasteiger partial charge is 0.354 e. The van der Waals surface area contributed by atoms with E-state index in [1.165, 1.54) is 5.56 Å². The Morgan fingerprint density at radius 2 is 1.74 bits per heavy atom. The molecule has 2 unspecified atom stereocenters. The fraction of sp³-hybridized carbons (Fsp3) is 0.481. The number of hydrogen-bond donors (Lipinski definition) is 2. The normalized spacial score (nSPS) is 18.6. The first kappa shape index (κ1) is 28.1. The summed E-state index contributed by atoms with van der Waals surface area (Å²) in [5.41, 5.74) is 3.24. The monoisotopic (exact) mass is 577 g/mol. The summed E-state index contributed by atoms with van der Waals surface area (Å²) in [5.74, 6) is 0.914. The first-order valence-electron chi connectivity index (χ1n) is 12.2. The van der Waals surface area contributed by atoms with Crippen LogP contribution in [0.2, 0.25) is 0 Å². The van der Waals surface area contributed by atoms with Crippen LogP contribution in [0.5, 0.6) is 0 Å². The lowest BCUT2D eigenvalue weighted by Gasteiger charge is -2.38. The van der Waals surface area contributed by atoms with Crippen molar-refractivity contribution in [1.29, 1.82) is 0 Å². The van der Waals surface area contributed by atoms with E-state index in [0.29, 0.717) is 18.6 Å². The zero-order chi connectivity index (χ0) is 23.6. The predicted molar refractivity (Wildman–Crippen MR) is 152 cm³/mol. The van der Waals surface area contributed by atoms with Crippen LogP contribution >= 0.6 is 24.0 Å². The molecule has 1 aliphatic rings.